The molecule has 1 aliphatic rings. The number of amides is 1. The summed E-state index contributed by atoms with van der Waals surface area (Å²) in [6.07, 6.45) is 3.62. The Labute approximate surface area is 140 Å². The molecule has 0 saturated carbocycles. The van der Waals surface area contributed by atoms with Crippen molar-refractivity contribution in [3.63, 3.8) is 0 Å². The number of nitrogens with one attached hydrogen (secondary N) is 2. The van der Waals surface area contributed by atoms with Gasteiger partial charge in [0, 0.05) is 25.3 Å². The second kappa shape index (κ2) is 7.40. The number of aromatic nitrogens is 1. The van der Waals surface area contributed by atoms with E-state index in [2.05, 4.69) is 15.6 Å². The van der Waals surface area contributed by atoms with Gasteiger partial charge in [-0.25, -0.2) is 9.37 Å². The first-order valence-corrected chi connectivity index (χ1v) is 8.12. The van der Waals surface area contributed by atoms with E-state index in [0.29, 0.717) is 29.7 Å². The maximum Gasteiger partial charge on any atom is 0.257 e. The van der Waals surface area contributed by atoms with Crippen molar-refractivity contribution in [1.29, 1.82) is 0 Å². The minimum absolute atomic E-state index is 0.0816. The highest BCUT2D eigenvalue weighted by Crippen LogP contribution is 2.23. The third kappa shape index (κ3) is 3.54. The van der Waals surface area contributed by atoms with E-state index in [9.17, 15) is 9.18 Å². The Kier molecular flexibility index (Phi) is 5.05. The van der Waals surface area contributed by atoms with Gasteiger partial charge in [-0.2, -0.15) is 0 Å². The molecule has 1 amide bonds. The molecule has 0 radical (unpaired) electrons. The van der Waals surface area contributed by atoms with E-state index in [1.807, 2.05) is 11.9 Å². The van der Waals surface area contributed by atoms with Crippen molar-refractivity contribution in [3.05, 3.63) is 54.0 Å². The van der Waals surface area contributed by atoms with Crippen LogP contribution in [0.4, 0.5) is 15.9 Å². The minimum Gasteiger partial charge on any atom is -0.337 e. The molecule has 0 spiro atoms. The number of likely N-dealkylation sites (tertiary alicyclic amines) is 1. The van der Waals surface area contributed by atoms with Gasteiger partial charge in [0.05, 0.1) is 11.3 Å². The standard InChI is InChI=1S/C18H21FN4O/c1-20-13-6-5-11-23(12-13)18(24)14-7-4-10-21-17(14)22-16-9-3-2-8-15(16)19/h2-4,7-10,13,20H,5-6,11-12H2,1H3,(H,21,22). The Balaban J connectivity index is 1.83. The number of carbonyl (C=O) groups excluding carboxylic acids is 1. The third-order valence-electron chi connectivity index (χ3n) is 4.28. The first-order valence-electron chi connectivity index (χ1n) is 8.12. The lowest BCUT2D eigenvalue weighted by Gasteiger charge is -2.32. The highest BCUT2D eigenvalue weighted by molar-refractivity contribution is 5.99. The number of pyridine rings is 1. The van der Waals surface area contributed by atoms with Crippen LogP contribution in [-0.2, 0) is 0 Å². The number of benzene rings is 1. The Morgan fingerprint density at radius 2 is 2.12 bits per heavy atom. The number of carbonyl (C=O) groups is 1. The van der Waals surface area contributed by atoms with Crippen molar-refractivity contribution in [1.82, 2.24) is 15.2 Å². The number of para-hydroxylation sites is 1. The molecule has 126 valence electrons. The fourth-order valence-electron chi connectivity index (χ4n) is 2.94. The predicted octanol–water partition coefficient (Wildman–Crippen LogP) is 2.79. The maximum absolute atomic E-state index is 13.9. The van der Waals surface area contributed by atoms with Gasteiger partial charge in [0.1, 0.15) is 11.6 Å². The fraction of sp³-hybridized carbons (Fsp3) is 0.333. The van der Waals surface area contributed by atoms with Crippen molar-refractivity contribution < 1.29 is 9.18 Å². The average Bonchev–Trinajstić information content (AvgIpc) is 2.63. The molecule has 2 N–H and O–H groups in total. The summed E-state index contributed by atoms with van der Waals surface area (Å²) in [6.45, 7) is 1.40. The molecule has 2 heterocycles. The van der Waals surface area contributed by atoms with Crippen molar-refractivity contribution >= 4 is 17.4 Å². The normalized spacial score (nSPS) is 17.6. The van der Waals surface area contributed by atoms with Crippen LogP contribution in [0, 0.1) is 5.82 Å². The molecule has 1 saturated heterocycles. The Morgan fingerprint density at radius 1 is 1.29 bits per heavy atom. The van der Waals surface area contributed by atoms with E-state index in [1.165, 1.54) is 6.07 Å². The first kappa shape index (κ1) is 16.4. The molecule has 3 rings (SSSR count). The lowest BCUT2D eigenvalue weighted by molar-refractivity contribution is 0.0699. The largest absolute Gasteiger partial charge is 0.337 e. The summed E-state index contributed by atoms with van der Waals surface area (Å²) in [4.78, 5) is 18.9. The second-order valence-corrected chi connectivity index (χ2v) is 5.88. The van der Waals surface area contributed by atoms with Crippen LogP contribution >= 0.6 is 0 Å². The summed E-state index contributed by atoms with van der Waals surface area (Å²) >= 11 is 0. The van der Waals surface area contributed by atoms with Gasteiger partial charge in [-0.15, -0.1) is 0 Å². The molecule has 1 unspecified atom stereocenters. The zero-order chi connectivity index (χ0) is 16.9. The quantitative estimate of drug-likeness (QED) is 0.906. The van der Waals surface area contributed by atoms with Gasteiger partial charge >= 0.3 is 0 Å². The van der Waals surface area contributed by atoms with Gasteiger partial charge < -0.3 is 15.5 Å². The van der Waals surface area contributed by atoms with Gasteiger partial charge in [0.15, 0.2) is 0 Å². The molecule has 0 aliphatic carbocycles. The summed E-state index contributed by atoms with van der Waals surface area (Å²) < 4.78 is 13.9. The smallest absolute Gasteiger partial charge is 0.257 e. The lowest BCUT2D eigenvalue weighted by atomic mass is 10.0. The first-order chi connectivity index (χ1) is 11.7. The number of halogens is 1. The van der Waals surface area contributed by atoms with Gasteiger partial charge in [-0.1, -0.05) is 12.1 Å². The Hall–Kier alpha value is -2.47. The topological polar surface area (TPSA) is 57.3 Å². The number of rotatable bonds is 4. The molecule has 5 nitrogen and oxygen atoms in total. The SMILES string of the molecule is CNC1CCCN(C(=O)c2cccnc2Nc2ccccc2F)C1. The zero-order valence-electron chi connectivity index (χ0n) is 13.6. The number of piperidine rings is 1. The molecule has 1 atom stereocenters. The van der Waals surface area contributed by atoms with Crippen LogP contribution in [-0.4, -0.2) is 42.0 Å². The molecule has 2 aromatic rings. The third-order valence-corrected chi connectivity index (χ3v) is 4.28. The monoisotopic (exact) mass is 328 g/mol. The van der Waals surface area contributed by atoms with Crippen LogP contribution in [0.2, 0.25) is 0 Å². The number of hydrogen-bond acceptors (Lipinski definition) is 4. The molecule has 1 fully saturated rings. The maximum atomic E-state index is 13.9. The summed E-state index contributed by atoms with van der Waals surface area (Å²) in [6, 6.07) is 10.1. The van der Waals surface area contributed by atoms with Gasteiger partial charge in [-0.3, -0.25) is 4.79 Å². The molecule has 24 heavy (non-hydrogen) atoms. The number of nitrogens with zero attached hydrogens (tertiary/aromatic N) is 2. The highest BCUT2D eigenvalue weighted by Gasteiger charge is 2.25. The van der Waals surface area contributed by atoms with Crippen LogP contribution in [0.1, 0.15) is 23.2 Å². The van der Waals surface area contributed by atoms with Crippen LogP contribution in [0.5, 0.6) is 0 Å². The molecular formula is C18H21FN4O. The summed E-state index contributed by atoms with van der Waals surface area (Å²) in [5, 5.41) is 6.16. The average molecular weight is 328 g/mol. The molecule has 1 aromatic carbocycles. The van der Waals surface area contributed by atoms with Gasteiger partial charge in [-0.05, 0) is 44.2 Å². The number of hydrogen-bond donors (Lipinski definition) is 2. The zero-order valence-corrected chi connectivity index (χ0v) is 13.6. The number of anilines is 2. The Bertz CT molecular complexity index is 722. The highest BCUT2D eigenvalue weighted by atomic mass is 19.1. The van der Waals surface area contributed by atoms with Gasteiger partial charge in [0.2, 0.25) is 0 Å². The van der Waals surface area contributed by atoms with E-state index in [4.69, 9.17) is 0 Å². The van der Waals surface area contributed by atoms with E-state index >= 15 is 0 Å². The van der Waals surface area contributed by atoms with Gasteiger partial charge in [0.25, 0.3) is 5.91 Å². The summed E-state index contributed by atoms with van der Waals surface area (Å²) in [5.74, 6) is -0.0872. The van der Waals surface area contributed by atoms with E-state index < -0.39 is 0 Å². The van der Waals surface area contributed by atoms with Crippen molar-refractivity contribution in [2.75, 3.05) is 25.5 Å². The van der Waals surface area contributed by atoms with Crippen LogP contribution in [0.3, 0.4) is 0 Å². The molecule has 1 aromatic heterocycles. The Morgan fingerprint density at radius 3 is 2.92 bits per heavy atom. The van der Waals surface area contributed by atoms with Crippen molar-refractivity contribution in [3.8, 4) is 0 Å². The lowest BCUT2D eigenvalue weighted by Crippen LogP contribution is -2.47. The summed E-state index contributed by atoms with van der Waals surface area (Å²) in [7, 11) is 1.91. The molecule has 1 aliphatic heterocycles. The second-order valence-electron chi connectivity index (χ2n) is 5.88. The molecule has 0 bridgehead atoms. The predicted molar refractivity (Wildman–Crippen MR) is 91.9 cm³/mol. The number of likely N-dealkylation sites (N-methyl/N-ethyl adjacent to an activating group) is 1. The van der Waals surface area contributed by atoms with Crippen molar-refractivity contribution in [2.45, 2.75) is 18.9 Å². The van der Waals surface area contributed by atoms with Crippen molar-refractivity contribution in [2.24, 2.45) is 0 Å². The molecule has 6 heteroatoms. The fourth-order valence-corrected chi connectivity index (χ4v) is 2.94. The van der Waals surface area contributed by atoms with E-state index in [0.717, 1.165) is 19.4 Å². The molecular weight excluding hydrogens is 307 g/mol. The van der Waals surface area contributed by atoms with Crippen LogP contribution < -0.4 is 10.6 Å². The van der Waals surface area contributed by atoms with E-state index in [1.54, 1.807) is 36.5 Å². The van der Waals surface area contributed by atoms with Crippen LogP contribution in [0.15, 0.2) is 42.6 Å². The minimum atomic E-state index is -0.380. The van der Waals surface area contributed by atoms with Crippen LogP contribution in [0.25, 0.3) is 0 Å². The van der Waals surface area contributed by atoms with E-state index in [-0.39, 0.29) is 11.7 Å². The summed E-state index contributed by atoms with van der Waals surface area (Å²) in [5.41, 5.74) is 0.759.